The van der Waals surface area contributed by atoms with E-state index < -0.39 is 0 Å². The lowest BCUT2D eigenvalue weighted by atomic mass is 9.82. The number of amides is 1. The lowest BCUT2D eigenvalue weighted by molar-refractivity contribution is -0.142. The number of anilines is 1. The maximum absolute atomic E-state index is 13.5. The van der Waals surface area contributed by atoms with Crippen LogP contribution in [0.2, 0.25) is 0 Å². The summed E-state index contributed by atoms with van der Waals surface area (Å²) in [5.41, 5.74) is 1.05. The molecule has 1 aromatic heterocycles. The number of rotatable bonds is 5. The van der Waals surface area contributed by atoms with Crippen LogP contribution in [0.4, 0.5) is 5.69 Å². The van der Waals surface area contributed by atoms with Gasteiger partial charge in [0.15, 0.2) is 0 Å². The topological polar surface area (TPSA) is 56.8 Å². The summed E-state index contributed by atoms with van der Waals surface area (Å²) >= 11 is 0. The standard InChI is InChI=1S/C20H28N4O2/c1-15(25)13-24(19-14-22-11-6-16(19)7-12-22)20(26)18-3-2-10-23(18)17-4-8-21-9-5-17/h4-5,8-9,16,18-19H,2-3,6-7,10-14H2,1H3. The van der Waals surface area contributed by atoms with E-state index in [4.69, 9.17) is 0 Å². The highest BCUT2D eigenvalue weighted by molar-refractivity contribution is 5.90. The molecule has 0 saturated carbocycles. The zero-order valence-electron chi connectivity index (χ0n) is 15.5. The van der Waals surface area contributed by atoms with Gasteiger partial charge in [0.05, 0.1) is 6.54 Å². The molecule has 0 radical (unpaired) electrons. The first-order chi connectivity index (χ1) is 12.6. The third-order valence-electron chi connectivity index (χ3n) is 6.23. The van der Waals surface area contributed by atoms with Gasteiger partial charge in [0.25, 0.3) is 0 Å². The molecule has 4 aliphatic rings. The highest BCUT2D eigenvalue weighted by Crippen LogP contribution is 2.33. The largest absolute Gasteiger partial charge is 0.359 e. The Labute approximate surface area is 155 Å². The predicted molar refractivity (Wildman–Crippen MR) is 100.0 cm³/mol. The van der Waals surface area contributed by atoms with Crippen LogP contribution >= 0.6 is 0 Å². The van der Waals surface area contributed by atoms with E-state index in [0.29, 0.717) is 5.92 Å². The molecule has 0 aliphatic carbocycles. The van der Waals surface area contributed by atoms with Gasteiger partial charge < -0.3 is 14.7 Å². The highest BCUT2D eigenvalue weighted by Gasteiger charge is 2.43. The fourth-order valence-corrected chi connectivity index (χ4v) is 4.94. The van der Waals surface area contributed by atoms with Crippen LogP contribution < -0.4 is 4.90 Å². The first kappa shape index (κ1) is 17.5. The normalized spacial score (nSPS) is 30.4. The second-order valence-corrected chi connectivity index (χ2v) is 7.93. The Morgan fingerprint density at radius 1 is 1.15 bits per heavy atom. The first-order valence-electron chi connectivity index (χ1n) is 9.82. The number of piperidine rings is 3. The minimum atomic E-state index is -0.160. The summed E-state index contributed by atoms with van der Waals surface area (Å²) in [4.78, 5) is 36.1. The average Bonchev–Trinajstić information content (AvgIpc) is 3.17. The van der Waals surface area contributed by atoms with E-state index in [2.05, 4.69) is 14.8 Å². The van der Waals surface area contributed by atoms with Crippen molar-refractivity contribution in [3.63, 3.8) is 0 Å². The number of fused-ring (bicyclic) bond motifs is 3. The van der Waals surface area contributed by atoms with Crippen molar-refractivity contribution >= 4 is 17.4 Å². The molecule has 2 unspecified atom stereocenters. The summed E-state index contributed by atoms with van der Waals surface area (Å²) in [6, 6.07) is 3.96. The molecule has 6 nitrogen and oxygen atoms in total. The number of nitrogens with zero attached hydrogens (tertiary/aromatic N) is 4. The molecule has 4 aliphatic heterocycles. The van der Waals surface area contributed by atoms with Gasteiger partial charge in [-0.3, -0.25) is 14.6 Å². The van der Waals surface area contributed by atoms with Crippen LogP contribution in [0.1, 0.15) is 32.6 Å². The summed E-state index contributed by atoms with van der Waals surface area (Å²) in [7, 11) is 0. The molecular formula is C20H28N4O2. The van der Waals surface area contributed by atoms with Crippen molar-refractivity contribution in [2.24, 2.45) is 5.92 Å². The molecule has 4 fully saturated rings. The number of carbonyl (C=O) groups is 2. The average molecular weight is 356 g/mol. The van der Waals surface area contributed by atoms with Gasteiger partial charge in [-0.15, -0.1) is 0 Å². The van der Waals surface area contributed by atoms with Gasteiger partial charge >= 0.3 is 0 Å². The van der Waals surface area contributed by atoms with E-state index in [1.54, 1.807) is 19.3 Å². The van der Waals surface area contributed by atoms with Crippen LogP contribution in [0.25, 0.3) is 0 Å². The molecule has 2 atom stereocenters. The molecule has 2 bridgehead atoms. The molecule has 0 aromatic carbocycles. The fraction of sp³-hybridized carbons (Fsp3) is 0.650. The van der Waals surface area contributed by atoms with E-state index in [-0.39, 0.29) is 30.3 Å². The second-order valence-electron chi connectivity index (χ2n) is 7.93. The highest BCUT2D eigenvalue weighted by atomic mass is 16.2. The SMILES string of the molecule is CC(=O)CN(C(=O)C1CCCN1c1ccncc1)C1CN2CCC1CC2. The Bertz CT molecular complexity index is 657. The molecule has 140 valence electrons. The monoisotopic (exact) mass is 356 g/mol. The van der Waals surface area contributed by atoms with Crippen LogP contribution in [0.3, 0.4) is 0 Å². The van der Waals surface area contributed by atoms with E-state index in [9.17, 15) is 9.59 Å². The molecule has 26 heavy (non-hydrogen) atoms. The number of pyridine rings is 1. The fourth-order valence-electron chi connectivity index (χ4n) is 4.94. The first-order valence-corrected chi connectivity index (χ1v) is 9.82. The number of aromatic nitrogens is 1. The van der Waals surface area contributed by atoms with E-state index in [1.807, 2.05) is 17.0 Å². The molecule has 5 heterocycles. The Hall–Kier alpha value is -1.95. The van der Waals surface area contributed by atoms with Crippen LogP contribution in [0.5, 0.6) is 0 Å². The maximum atomic E-state index is 13.5. The van der Waals surface area contributed by atoms with Crippen molar-refractivity contribution in [1.82, 2.24) is 14.8 Å². The molecule has 6 heteroatoms. The van der Waals surface area contributed by atoms with Crippen LogP contribution in [0.15, 0.2) is 24.5 Å². The maximum Gasteiger partial charge on any atom is 0.245 e. The number of carbonyl (C=O) groups excluding carboxylic acids is 2. The van der Waals surface area contributed by atoms with Gasteiger partial charge in [-0.25, -0.2) is 0 Å². The smallest absolute Gasteiger partial charge is 0.245 e. The van der Waals surface area contributed by atoms with Gasteiger partial charge in [-0.2, -0.15) is 0 Å². The van der Waals surface area contributed by atoms with Crippen LogP contribution in [-0.2, 0) is 9.59 Å². The summed E-state index contributed by atoms with van der Waals surface area (Å²) < 4.78 is 0. The molecule has 5 rings (SSSR count). The van der Waals surface area contributed by atoms with E-state index in [0.717, 1.165) is 57.5 Å². The Balaban J connectivity index is 1.57. The Morgan fingerprint density at radius 3 is 2.50 bits per heavy atom. The van der Waals surface area contributed by atoms with Gasteiger partial charge in [0.1, 0.15) is 11.8 Å². The molecule has 1 aromatic rings. The zero-order valence-corrected chi connectivity index (χ0v) is 15.5. The summed E-state index contributed by atoms with van der Waals surface area (Å²) in [6.45, 7) is 5.91. The Kier molecular flexibility index (Phi) is 4.94. The quantitative estimate of drug-likeness (QED) is 0.801. The van der Waals surface area contributed by atoms with Gasteiger partial charge in [-0.05, 0) is 63.7 Å². The molecule has 0 N–H and O–H groups in total. The lowest BCUT2D eigenvalue weighted by Crippen LogP contribution is -2.61. The number of hydrogen-bond donors (Lipinski definition) is 0. The van der Waals surface area contributed by atoms with Crippen molar-refractivity contribution < 1.29 is 9.59 Å². The number of hydrogen-bond acceptors (Lipinski definition) is 5. The lowest BCUT2D eigenvalue weighted by Gasteiger charge is -2.49. The third-order valence-corrected chi connectivity index (χ3v) is 6.23. The van der Waals surface area contributed by atoms with Crippen molar-refractivity contribution in [3.05, 3.63) is 24.5 Å². The zero-order chi connectivity index (χ0) is 18.1. The van der Waals surface area contributed by atoms with Gasteiger partial charge in [0, 0.05) is 37.2 Å². The predicted octanol–water partition coefficient (Wildman–Crippen LogP) is 1.56. The minimum Gasteiger partial charge on any atom is -0.359 e. The number of Topliss-reactive ketones (excluding diaryl/α,β-unsaturated/α-hetero) is 1. The molecule has 0 spiro atoms. The van der Waals surface area contributed by atoms with Crippen LogP contribution in [-0.4, -0.2) is 71.3 Å². The van der Waals surface area contributed by atoms with E-state index in [1.165, 1.54) is 0 Å². The Morgan fingerprint density at radius 2 is 1.88 bits per heavy atom. The summed E-state index contributed by atoms with van der Waals surface area (Å²) in [5.74, 6) is 0.746. The summed E-state index contributed by atoms with van der Waals surface area (Å²) in [6.07, 6.45) is 7.70. The van der Waals surface area contributed by atoms with Crippen molar-refractivity contribution in [1.29, 1.82) is 0 Å². The van der Waals surface area contributed by atoms with Crippen molar-refractivity contribution in [3.8, 4) is 0 Å². The summed E-state index contributed by atoms with van der Waals surface area (Å²) in [5, 5.41) is 0. The minimum absolute atomic E-state index is 0.0725. The molecular weight excluding hydrogens is 328 g/mol. The number of ketones is 1. The van der Waals surface area contributed by atoms with Crippen molar-refractivity contribution in [2.45, 2.75) is 44.7 Å². The van der Waals surface area contributed by atoms with Gasteiger partial charge in [0.2, 0.25) is 5.91 Å². The third kappa shape index (κ3) is 3.34. The second kappa shape index (κ2) is 7.35. The van der Waals surface area contributed by atoms with Gasteiger partial charge in [-0.1, -0.05) is 0 Å². The van der Waals surface area contributed by atoms with E-state index >= 15 is 0 Å². The molecule has 1 amide bonds. The van der Waals surface area contributed by atoms with Crippen molar-refractivity contribution in [2.75, 3.05) is 37.6 Å². The molecule has 4 saturated heterocycles. The van der Waals surface area contributed by atoms with Crippen LogP contribution in [0, 0.1) is 5.92 Å².